The average Bonchev–Trinajstić information content (AvgIpc) is 2.63. The summed E-state index contributed by atoms with van der Waals surface area (Å²) in [5.74, 6) is -0.0943. The minimum absolute atomic E-state index is 0.246. The van der Waals surface area contributed by atoms with Gasteiger partial charge in [0, 0.05) is 5.92 Å². The van der Waals surface area contributed by atoms with Gasteiger partial charge in [-0.05, 0) is 42.7 Å². The van der Waals surface area contributed by atoms with Crippen LogP contribution in [0.15, 0.2) is 54.6 Å². The van der Waals surface area contributed by atoms with Gasteiger partial charge in [-0.25, -0.2) is 4.79 Å². The number of carbonyl (C=O) groups is 1. The summed E-state index contributed by atoms with van der Waals surface area (Å²) in [7, 11) is 0. The molecule has 0 radical (unpaired) electrons. The minimum atomic E-state index is -1.83. The zero-order valence-corrected chi connectivity index (χ0v) is 13.5. The minimum Gasteiger partial charge on any atom is -0.479 e. The van der Waals surface area contributed by atoms with E-state index >= 15 is 0 Å². The fourth-order valence-corrected chi connectivity index (χ4v) is 3.46. The number of hydrogen-bond donors (Lipinski definition) is 2. The number of aliphatic carboxylic acids is 1. The van der Waals surface area contributed by atoms with E-state index in [4.69, 9.17) is 4.74 Å². The number of rotatable bonds is 5. The number of carboxylic acids is 1. The maximum Gasteiger partial charge on any atom is 0.340 e. The van der Waals surface area contributed by atoms with Crippen LogP contribution in [0.4, 0.5) is 0 Å². The Hall–Kier alpha value is -2.33. The molecular formula is C20H22O4. The van der Waals surface area contributed by atoms with E-state index in [0.717, 1.165) is 32.1 Å². The van der Waals surface area contributed by atoms with Crippen molar-refractivity contribution in [3.05, 3.63) is 60.2 Å². The molecule has 4 nitrogen and oxygen atoms in total. The first-order valence-electron chi connectivity index (χ1n) is 8.40. The maximum absolute atomic E-state index is 11.8. The second-order valence-corrected chi connectivity index (χ2v) is 6.35. The van der Waals surface area contributed by atoms with Crippen molar-refractivity contribution in [2.75, 3.05) is 0 Å². The average molecular weight is 326 g/mol. The van der Waals surface area contributed by atoms with Gasteiger partial charge in [-0.15, -0.1) is 0 Å². The molecule has 24 heavy (non-hydrogen) atoms. The third-order valence-corrected chi connectivity index (χ3v) is 4.80. The summed E-state index contributed by atoms with van der Waals surface area (Å²) in [4.78, 5) is 11.8. The Morgan fingerprint density at radius 3 is 2.08 bits per heavy atom. The number of benzene rings is 2. The van der Waals surface area contributed by atoms with Crippen molar-refractivity contribution in [2.45, 2.75) is 37.7 Å². The van der Waals surface area contributed by atoms with Crippen molar-refractivity contribution in [3.8, 4) is 11.5 Å². The Kier molecular flexibility index (Phi) is 4.86. The summed E-state index contributed by atoms with van der Waals surface area (Å²) in [6.45, 7) is 0. The van der Waals surface area contributed by atoms with E-state index in [1.54, 1.807) is 24.3 Å². The fourth-order valence-electron chi connectivity index (χ4n) is 3.46. The Balaban J connectivity index is 1.83. The second-order valence-electron chi connectivity index (χ2n) is 6.35. The summed E-state index contributed by atoms with van der Waals surface area (Å²) in [6, 6.07) is 16.1. The molecule has 0 amide bonds. The highest BCUT2D eigenvalue weighted by Gasteiger charge is 2.45. The highest BCUT2D eigenvalue weighted by Crippen LogP contribution is 2.40. The second kappa shape index (κ2) is 7.05. The zero-order chi connectivity index (χ0) is 17.0. The van der Waals surface area contributed by atoms with Gasteiger partial charge in [-0.1, -0.05) is 49.6 Å². The number of para-hydroxylation sites is 1. The molecule has 2 N–H and O–H groups in total. The van der Waals surface area contributed by atoms with Crippen molar-refractivity contribution in [3.63, 3.8) is 0 Å². The molecule has 1 saturated carbocycles. The van der Waals surface area contributed by atoms with Crippen LogP contribution in [0.25, 0.3) is 0 Å². The van der Waals surface area contributed by atoms with Crippen molar-refractivity contribution < 1.29 is 19.7 Å². The predicted molar refractivity (Wildman–Crippen MR) is 91.1 cm³/mol. The van der Waals surface area contributed by atoms with Crippen molar-refractivity contribution in [1.82, 2.24) is 0 Å². The molecular weight excluding hydrogens is 304 g/mol. The van der Waals surface area contributed by atoms with Crippen LogP contribution in [-0.4, -0.2) is 16.2 Å². The maximum atomic E-state index is 11.8. The summed E-state index contributed by atoms with van der Waals surface area (Å²) in [5.41, 5.74) is -1.41. The van der Waals surface area contributed by atoms with Gasteiger partial charge in [0.25, 0.3) is 0 Å². The van der Waals surface area contributed by atoms with Gasteiger partial charge < -0.3 is 14.9 Å². The van der Waals surface area contributed by atoms with Crippen LogP contribution in [0.5, 0.6) is 11.5 Å². The van der Waals surface area contributed by atoms with Gasteiger partial charge in [0.2, 0.25) is 0 Å². The first kappa shape index (κ1) is 16.5. The molecule has 3 rings (SSSR count). The topological polar surface area (TPSA) is 66.8 Å². The van der Waals surface area contributed by atoms with E-state index < -0.39 is 11.6 Å². The molecule has 1 aliphatic rings. The molecule has 2 aromatic carbocycles. The summed E-state index contributed by atoms with van der Waals surface area (Å²) >= 11 is 0. The van der Waals surface area contributed by atoms with Gasteiger partial charge in [0.1, 0.15) is 11.5 Å². The van der Waals surface area contributed by atoms with Crippen LogP contribution < -0.4 is 4.74 Å². The summed E-state index contributed by atoms with van der Waals surface area (Å²) < 4.78 is 5.72. The van der Waals surface area contributed by atoms with E-state index in [2.05, 4.69) is 0 Å². The van der Waals surface area contributed by atoms with Crippen molar-refractivity contribution in [2.24, 2.45) is 5.92 Å². The first-order valence-corrected chi connectivity index (χ1v) is 8.40. The number of aliphatic hydroxyl groups is 1. The monoisotopic (exact) mass is 326 g/mol. The molecule has 1 atom stereocenters. The van der Waals surface area contributed by atoms with E-state index in [1.165, 1.54) is 0 Å². The molecule has 1 unspecified atom stereocenters. The summed E-state index contributed by atoms with van der Waals surface area (Å²) in [6.07, 6.45) is 4.52. The highest BCUT2D eigenvalue weighted by atomic mass is 16.5. The molecule has 0 aromatic heterocycles. The van der Waals surface area contributed by atoms with Crippen LogP contribution >= 0.6 is 0 Å². The van der Waals surface area contributed by atoms with Crippen molar-refractivity contribution in [1.29, 1.82) is 0 Å². The fraction of sp³-hybridized carbons (Fsp3) is 0.350. The third-order valence-electron chi connectivity index (χ3n) is 4.80. The molecule has 0 spiro atoms. The Labute approximate surface area is 141 Å². The molecule has 0 bridgehead atoms. The summed E-state index contributed by atoms with van der Waals surface area (Å²) in [5, 5.41) is 20.6. The largest absolute Gasteiger partial charge is 0.479 e. The SMILES string of the molecule is O=C(O)C(O)(c1ccc(Oc2ccccc2)cc1)C1CCCCC1. The lowest BCUT2D eigenvalue weighted by Gasteiger charge is -2.35. The number of carboxylic acid groups (broad SMARTS) is 1. The van der Waals surface area contributed by atoms with Gasteiger partial charge in [-0.2, -0.15) is 0 Å². The quantitative estimate of drug-likeness (QED) is 0.858. The van der Waals surface area contributed by atoms with E-state index in [0.29, 0.717) is 17.1 Å². The lowest BCUT2D eigenvalue weighted by Crippen LogP contribution is -2.43. The Morgan fingerprint density at radius 2 is 1.50 bits per heavy atom. The van der Waals surface area contributed by atoms with Gasteiger partial charge in [-0.3, -0.25) is 0 Å². The third kappa shape index (κ3) is 3.29. The molecule has 1 aliphatic carbocycles. The normalized spacial score (nSPS) is 17.9. The standard InChI is InChI=1S/C20H22O4/c21-19(22)20(23,15-7-3-1-4-8-15)16-11-13-18(14-12-16)24-17-9-5-2-6-10-17/h2,5-6,9-15,23H,1,3-4,7-8H2,(H,21,22). The lowest BCUT2D eigenvalue weighted by molar-refractivity contribution is -0.168. The van der Waals surface area contributed by atoms with Crippen LogP contribution in [0.3, 0.4) is 0 Å². The highest BCUT2D eigenvalue weighted by molar-refractivity contribution is 5.79. The molecule has 0 aliphatic heterocycles. The van der Waals surface area contributed by atoms with E-state index in [9.17, 15) is 15.0 Å². The molecule has 0 saturated heterocycles. The smallest absolute Gasteiger partial charge is 0.340 e. The first-order chi connectivity index (χ1) is 11.6. The van der Waals surface area contributed by atoms with Crippen LogP contribution in [0.2, 0.25) is 0 Å². The van der Waals surface area contributed by atoms with Gasteiger partial charge in [0.05, 0.1) is 0 Å². The van der Waals surface area contributed by atoms with Gasteiger partial charge in [0.15, 0.2) is 5.60 Å². The molecule has 4 heteroatoms. The number of hydrogen-bond acceptors (Lipinski definition) is 3. The molecule has 2 aromatic rings. The lowest BCUT2D eigenvalue weighted by atomic mass is 9.73. The zero-order valence-electron chi connectivity index (χ0n) is 13.5. The molecule has 126 valence electrons. The molecule has 1 fully saturated rings. The van der Waals surface area contributed by atoms with Crippen LogP contribution in [0, 0.1) is 5.92 Å². The predicted octanol–water partition coefficient (Wildman–Crippen LogP) is 4.33. The van der Waals surface area contributed by atoms with Gasteiger partial charge >= 0.3 is 5.97 Å². The van der Waals surface area contributed by atoms with E-state index in [1.807, 2.05) is 30.3 Å². The van der Waals surface area contributed by atoms with Crippen LogP contribution in [-0.2, 0) is 10.4 Å². The Bertz CT molecular complexity index is 675. The number of ether oxygens (including phenoxy) is 1. The van der Waals surface area contributed by atoms with Crippen LogP contribution in [0.1, 0.15) is 37.7 Å². The van der Waals surface area contributed by atoms with E-state index in [-0.39, 0.29) is 5.92 Å². The van der Waals surface area contributed by atoms with Crippen molar-refractivity contribution >= 4 is 5.97 Å². The molecule has 0 heterocycles. The Morgan fingerprint density at radius 1 is 0.917 bits per heavy atom.